The average Bonchev–Trinajstić information content (AvgIpc) is 2.37. The maximum atomic E-state index is 11.1. The summed E-state index contributed by atoms with van der Waals surface area (Å²) in [5.74, 6) is 0.207. The largest absolute Gasteiger partial charge is 0.397 e. The number of nitrogen functional groups attached to an aromatic ring is 1. The molecule has 1 heterocycles. The van der Waals surface area contributed by atoms with Crippen LogP contribution in [-0.2, 0) is 5.75 Å². The van der Waals surface area contributed by atoms with Crippen LogP contribution in [0, 0.1) is 6.92 Å². The molecule has 0 aliphatic rings. The molecule has 0 saturated carbocycles. The lowest BCUT2D eigenvalue weighted by Gasteiger charge is -2.06. The number of pyridine rings is 1. The predicted octanol–water partition coefficient (Wildman–Crippen LogP) is 2.36. The second-order valence-corrected chi connectivity index (χ2v) is 5.20. The summed E-state index contributed by atoms with van der Waals surface area (Å²) in [7, 11) is 0. The Balaban J connectivity index is 2.15. The van der Waals surface area contributed by atoms with E-state index in [2.05, 4.69) is 24.0 Å². The minimum Gasteiger partial charge on any atom is -0.397 e. The number of aryl methyl sites for hydroxylation is 1. The van der Waals surface area contributed by atoms with Crippen molar-refractivity contribution in [3.63, 3.8) is 0 Å². The van der Waals surface area contributed by atoms with E-state index in [1.165, 1.54) is 29.0 Å². The highest BCUT2D eigenvalue weighted by atomic mass is 32.2. The number of rotatable bonds is 4. The number of carbonyl (C=O) groups excluding carboxylic acids is 1. The molecule has 2 aromatic rings. The second-order valence-electron chi connectivity index (χ2n) is 4.23. The minimum absolute atomic E-state index is 0.237. The quantitative estimate of drug-likeness (QED) is 0.838. The van der Waals surface area contributed by atoms with Crippen LogP contribution < -0.4 is 11.5 Å². The van der Waals surface area contributed by atoms with E-state index in [1.54, 1.807) is 6.07 Å². The molecule has 0 atom stereocenters. The Kier molecular flexibility index (Phi) is 4.06. The van der Waals surface area contributed by atoms with E-state index in [0.29, 0.717) is 10.7 Å². The van der Waals surface area contributed by atoms with Crippen LogP contribution in [0.4, 0.5) is 5.69 Å². The molecule has 5 heteroatoms. The van der Waals surface area contributed by atoms with Crippen molar-refractivity contribution in [3.05, 3.63) is 53.2 Å². The summed E-state index contributed by atoms with van der Waals surface area (Å²) in [6, 6.07) is 11.4. The number of anilines is 1. The van der Waals surface area contributed by atoms with Crippen molar-refractivity contribution in [2.75, 3.05) is 5.73 Å². The average molecular weight is 273 g/mol. The summed E-state index contributed by atoms with van der Waals surface area (Å²) >= 11 is 1.50. The molecule has 0 aliphatic carbocycles. The third-order valence-corrected chi connectivity index (χ3v) is 3.68. The molecule has 1 aromatic carbocycles. The molecule has 2 rings (SSSR count). The molecule has 19 heavy (non-hydrogen) atoms. The number of nitrogens with zero attached hydrogens (tertiary/aromatic N) is 1. The van der Waals surface area contributed by atoms with Crippen molar-refractivity contribution in [2.45, 2.75) is 17.7 Å². The summed E-state index contributed by atoms with van der Waals surface area (Å²) in [5, 5.41) is 0.637. The van der Waals surface area contributed by atoms with Crippen molar-refractivity contribution in [3.8, 4) is 0 Å². The summed E-state index contributed by atoms with van der Waals surface area (Å²) in [4.78, 5) is 15.3. The van der Waals surface area contributed by atoms with Gasteiger partial charge in [-0.05, 0) is 24.6 Å². The molecule has 4 nitrogen and oxygen atoms in total. The Morgan fingerprint density at radius 2 is 2.11 bits per heavy atom. The van der Waals surface area contributed by atoms with Gasteiger partial charge in [-0.15, -0.1) is 0 Å². The maximum absolute atomic E-state index is 11.1. The lowest BCUT2D eigenvalue weighted by atomic mass is 10.2. The van der Waals surface area contributed by atoms with E-state index in [1.807, 2.05) is 12.1 Å². The number of primary amides is 1. The fourth-order valence-corrected chi connectivity index (χ4v) is 2.54. The molecule has 0 spiro atoms. The van der Waals surface area contributed by atoms with E-state index < -0.39 is 5.91 Å². The van der Waals surface area contributed by atoms with Crippen molar-refractivity contribution >= 4 is 23.4 Å². The SMILES string of the molecule is Cc1cccc(CSc2nc(C(N)=O)ccc2N)c1. The van der Waals surface area contributed by atoms with Crippen LogP contribution >= 0.6 is 11.8 Å². The van der Waals surface area contributed by atoms with Gasteiger partial charge in [-0.2, -0.15) is 0 Å². The zero-order valence-corrected chi connectivity index (χ0v) is 11.4. The number of carbonyl (C=O) groups is 1. The highest BCUT2D eigenvalue weighted by Crippen LogP contribution is 2.26. The van der Waals surface area contributed by atoms with Gasteiger partial charge in [0.1, 0.15) is 10.7 Å². The number of aromatic nitrogens is 1. The highest BCUT2D eigenvalue weighted by molar-refractivity contribution is 7.98. The molecule has 0 unspecified atom stereocenters. The van der Waals surface area contributed by atoms with E-state index in [9.17, 15) is 4.79 Å². The number of hydrogen-bond acceptors (Lipinski definition) is 4. The lowest BCUT2D eigenvalue weighted by Crippen LogP contribution is -2.13. The fraction of sp³-hybridized carbons (Fsp3) is 0.143. The molecule has 0 aliphatic heterocycles. The first-order valence-corrected chi connectivity index (χ1v) is 6.79. The molecule has 0 saturated heterocycles. The normalized spacial score (nSPS) is 10.4. The molecule has 4 N–H and O–H groups in total. The van der Waals surface area contributed by atoms with Gasteiger partial charge in [0.2, 0.25) is 0 Å². The van der Waals surface area contributed by atoms with Crippen LogP contribution in [0.15, 0.2) is 41.4 Å². The Bertz CT molecular complexity index is 613. The van der Waals surface area contributed by atoms with Gasteiger partial charge < -0.3 is 11.5 Å². The first-order chi connectivity index (χ1) is 9.06. The first kappa shape index (κ1) is 13.4. The van der Waals surface area contributed by atoms with Gasteiger partial charge in [-0.3, -0.25) is 4.79 Å². The zero-order chi connectivity index (χ0) is 13.8. The van der Waals surface area contributed by atoms with Crippen LogP contribution in [0.5, 0.6) is 0 Å². The Morgan fingerprint density at radius 1 is 1.32 bits per heavy atom. The second kappa shape index (κ2) is 5.75. The number of hydrogen-bond donors (Lipinski definition) is 2. The summed E-state index contributed by atoms with van der Waals surface area (Å²) in [6.45, 7) is 2.05. The van der Waals surface area contributed by atoms with Crippen molar-refractivity contribution < 1.29 is 4.79 Å². The standard InChI is InChI=1S/C14H15N3OS/c1-9-3-2-4-10(7-9)8-19-14-11(15)5-6-12(17-14)13(16)18/h2-7H,8,15H2,1H3,(H2,16,18). The zero-order valence-electron chi connectivity index (χ0n) is 10.6. The van der Waals surface area contributed by atoms with Gasteiger partial charge in [0.15, 0.2) is 0 Å². The minimum atomic E-state index is -0.544. The van der Waals surface area contributed by atoms with Crippen LogP contribution in [0.25, 0.3) is 0 Å². The maximum Gasteiger partial charge on any atom is 0.267 e. The van der Waals surface area contributed by atoms with Crippen LogP contribution in [-0.4, -0.2) is 10.9 Å². The van der Waals surface area contributed by atoms with Gasteiger partial charge in [-0.1, -0.05) is 41.6 Å². The number of nitrogens with two attached hydrogens (primary N) is 2. The van der Waals surface area contributed by atoms with Gasteiger partial charge >= 0.3 is 0 Å². The molecule has 98 valence electrons. The molecule has 1 aromatic heterocycles. The van der Waals surface area contributed by atoms with Gasteiger partial charge in [-0.25, -0.2) is 4.98 Å². The summed E-state index contributed by atoms with van der Waals surface area (Å²) < 4.78 is 0. The smallest absolute Gasteiger partial charge is 0.267 e. The topological polar surface area (TPSA) is 82.0 Å². The third kappa shape index (κ3) is 3.48. The number of benzene rings is 1. The van der Waals surface area contributed by atoms with Crippen molar-refractivity contribution in [2.24, 2.45) is 5.73 Å². The molecule has 0 bridgehead atoms. The molecule has 0 radical (unpaired) electrons. The molecular formula is C14H15N3OS. The summed E-state index contributed by atoms with van der Waals surface area (Å²) in [6.07, 6.45) is 0. The first-order valence-electron chi connectivity index (χ1n) is 5.81. The number of thioether (sulfide) groups is 1. The monoisotopic (exact) mass is 273 g/mol. The highest BCUT2D eigenvalue weighted by Gasteiger charge is 2.08. The fourth-order valence-electron chi connectivity index (χ4n) is 1.66. The lowest BCUT2D eigenvalue weighted by molar-refractivity contribution is 0.0995. The molecule has 0 fully saturated rings. The van der Waals surface area contributed by atoms with E-state index in [0.717, 1.165) is 5.75 Å². The number of amides is 1. The Morgan fingerprint density at radius 3 is 2.79 bits per heavy atom. The van der Waals surface area contributed by atoms with Crippen molar-refractivity contribution in [1.29, 1.82) is 0 Å². The van der Waals surface area contributed by atoms with Crippen LogP contribution in [0.1, 0.15) is 21.6 Å². The Labute approximate surface area is 116 Å². The third-order valence-electron chi connectivity index (χ3n) is 2.60. The van der Waals surface area contributed by atoms with Gasteiger partial charge in [0, 0.05) is 5.75 Å². The molecule has 1 amide bonds. The van der Waals surface area contributed by atoms with Crippen LogP contribution in [0.3, 0.4) is 0 Å². The van der Waals surface area contributed by atoms with E-state index >= 15 is 0 Å². The van der Waals surface area contributed by atoms with E-state index in [4.69, 9.17) is 11.5 Å². The summed E-state index contributed by atoms with van der Waals surface area (Å²) in [5.41, 5.74) is 14.3. The van der Waals surface area contributed by atoms with E-state index in [-0.39, 0.29) is 5.69 Å². The van der Waals surface area contributed by atoms with Gasteiger partial charge in [0.25, 0.3) is 5.91 Å². The van der Waals surface area contributed by atoms with Crippen molar-refractivity contribution in [1.82, 2.24) is 4.98 Å². The molecular weight excluding hydrogens is 258 g/mol. The Hall–Kier alpha value is -2.01. The van der Waals surface area contributed by atoms with Crippen LogP contribution in [0.2, 0.25) is 0 Å². The predicted molar refractivity (Wildman–Crippen MR) is 77.9 cm³/mol. The van der Waals surface area contributed by atoms with Gasteiger partial charge in [0.05, 0.1) is 5.69 Å².